The van der Waals surface area contributed by atoms with Crippen LogP contribution in [0, 0.1) is 0 Å². The van der Waals surface area contributed by atoms with Gasteiger partial charge in [0, 0.05) is 6.42 Å². The Hall–Kier alpha value is -1.31. The molecular weight excluding hydrogens is 296 g/mol. The number of hydrogen-bond acceptors (Lipinski definition) is 1. The SMILES string of the molecule is CCCCCCCCC(CCCCCCC(=O)O)c1ccccc1. The summed E-state index contributed by atoms with van der Waals surface area (Å²) in [4.78, 5) is 10.5. The summed E-state index contributed by atoms with van der Waals surface area (Å²) in [5.41, 5.74) is 1.48. The van der Waals surface area contributed by atoms with E-state index in [4.69, 9.17) is 5.11 Å². The van der Waals surface area contributed by atoms with Crippen LogP contribution >= 0.6 is 0 Å². The molecule has 0 aliphatic carbocycles. The molecule has 1 aromatic rings. The van der Waals surface area contributed by atoms with Gasteiger partial charge in [0.15, 0.2) is 0 Å². The first-order chi connectivity index (χ1) is 11.7. The van der Waals surface area contributed by atoms with E-state index in [-0.39, 0.29) is 0 Å². The molecule has 0 heterocycles. The number of aliphatic carboxylic acids is 1. The molecule has 24 heavy (non-hydrogen) atoms. The molecule has 0 radical (unpaired) electrons. The van der Waals surface area contributed by atoms with Crippen LogP contribution in [0.4, 0.5) is 0 Å². The smallest absolute Gasteiger partial charge is 0.303 e. The van der Waals surface area contributed by atoms with Gasteiger partial charge in [0.05, 0.1) is 0 Å². The third-order valence-corrected chi connectivity index (χ3v) is 4.87. The number of unbranched alkanes of at least 4 members (excludes halogenated alkanes) is 8. The van der Waals surface area contributed by atoms with Gasteiger partial charge >= 0.3 is 5.97 Å². The molecule has 0 aliphatic heterocycles. The Balaban J connectivity index is 2.27. The molecule has 0 fully saturated rings. The summed E-state index contributed by atoms with van der Waals surface area (Å²) in [5.74, 6) is 0.0112. The van der Waals surface area contributed by atoms with E-state index in [0.717, 1.165) is 19.3 Å². The zero-order valence-electron chi connectivity index (χ0n) is 15.5. The summed E-state index contributed by atoms with van der Waals surface area (Å²) in [7, 11) is 0. The number of hydrogen-bond donors (Lipinski definition) is 1. The number of carboxylic acids is 1. The van der Waals surface area contributed by atoms with Crippen LogP contribution in [0.5, 0.6) is 0 Å². The van der Waals surface area contributed by atoms with Gasteiger partial charge in [-0.1, -0.05) is 95.0 Å². The highest BCUT2D eigenvalue weighted by Crippen LogP contribution is 2.28. The Morgan fingerprint density at radius 1 is 0.833 bits per heavy atom. The highest BCUT2D eigenvalue weighted by Gasteiger charge is 2.11. The first-order valence-electron chi connectivity index (χ1n) is 10.0. The van der Waals surface area contributed by atoms with Crippen LogP contribution in [0.3, 0.4) is 0 Å². The minimum atomic E-state index is -0.666. The highest BCUT2D eigenvalue weighted by atomic mass is 16.4. The Morgan fingerprint density at radius 3 is 1.96 bits per heavy atom. The zero-order chi connectivity index (χ0) is 17.5. The van der Waals surface area contributed by atoms with Crippen molar-refractivity contribution in [3.63, 3.8) is 0 Å². The molecule has 2 nitrogen and oxygen atoms in total. The van der Waals surface area contributed by atoms with Crippen molar-refractivity contribution in [3.05, 3.63) is 35.9 Å². The lowest BCUT2D eigenvalue weighted by atomic mass is 9.88. The van der Waals surface area contributed by atoms with Crippen molar-refractivity contribution in [2.24, 2.45) is 0 Å². The maximum absolute atomic E-state index is 10.5. The van der Waals surface area contributed by atoms with E-state index in [0.29, 0.717) is 12.3 Å². The van der Waals surface area contributed by atoms with E-state index in [9.17, 15) is 4.79 Å². The Kier molecular flexibility index (Phi) is 12.2. The summed E-state index contributed by atoms with van der Waals surface area (Å²) in [5, 5.41) is 8.68. The van der Waals surface area contributed by atoms with Gasteiger partial charge in [-0.25, -0.2) is 0 Å². The van der Waals surface area contributed by atoms with Crippen molar-refractivity contribution in [2.75, 3.05) is 0 Å². The van der Waals surface area contributed by atoms with E-state index in [1.54, 1.807) is 0 Å². The number of carbonyl (C=O) groups is 1. The lowest BCUT2D eigenvalue weighted by Crippen LogP contribution is -2.00. The van der Waals surface area contributed by atoms with Crippen LogP contribution in [0.2, 0.25) is 0 Å². The van der Waals surface area contributed by atoms with Gasteiger partial charge in [0.2, 0.25) is 0 Å². The maximum atomic E-state index is 10.5. The molecule has 0 aliphatic rings. The normalized spacial score (nSPS) is 12.2. The largest absolute Gasteiger partial charge is 0.481 e. The lowest BCUT2D eigenvalue weighted by molar-refractivity contribution is -0.137. The molecular formula is C22H36O2. The van der Waals surface area contributed by atoms with Gasteiger partial charge in [-0.2, -0.15) is 0 Å². The quantitative estimate of drug-likeness (QED) is 0.353. The summed E-state index contributed by atoms with van der Waals surface area (Å²) in [6.45, 7) is 2.27. The number of rotatable bonds is 15. The second-order valence-corrected chi connectivity index (χ2v) is 7.01. The van der Waals surface area contributed by atoms with E-state index in [2.05, 4.69) is 37.3 Å². The predicted molar refractivity (Wildman–Crippen MR) is 103 cm³/mol. The molecule has 136 valence electrons. The van der Waals surface area contributed by atoms with Gasteiger partial charge in [0.25, 0.3) is 0 Å². The average Bonchev–Trinajstić information content (AvgIpc) is 2.59. The van der Waals surface area contributed by atoms with Gasteiger partial charge in [-0.3, -0.25) is 4.79 Å². The van der Waals surface area contributed by atoms with Crippen LogP contribution in [0.1, 0.15) is 102 Å². The van der Waals surface area contributed by atoms with Crippen LogP contribution in [0.15, 0.2) is 30.3 Å². The fourth-order valence-corrected chi connectivity index (χ4v) is 3.39. The third kappa shape index (κ3) is 10.5. The molecule has 1 unspecified atom stereocenters. The second-order valence-electron chi connectivity index (χ2n) is 7.01. The molecule has 1 rings (SSSR count). The third-order valence-electron chi connectivity index (χ3n) is 4.87. The van der Waals surface area contributed by atoms with Crippen LogP contribution < -0.4 is 0 Å². The molecule has 0 spiro atoms. The Morgan fingerprint density at radius 2 is 1.38 bits per heavy atom. The first kappa shape index (κ1) is 20.7. The fraction of sp³-hybridized carbons (Fsp3) is 0.682. The second kappa shape index (κ2) is 14.1. The topological polar surface area (TPSA) is 37.3 Å². The van der Waals surface area contributed by atoms with Gasteiger partial charge in [-0.15, -0.1) is 0 Å². The summed E-state index contributed by atoms with van der Waals surface area (Å²) >= 11 is 0. The molecule has 0 aromatic heterocycles. The molecule has 1 N–H and O–H groups in total. The summed E-state index contributed by atoms with van der Waals surface area (Å²) in [6.07, 6.45) is 15.3. The molecule has 1 aromatic carbocycles. The molecule has 0 saturated heterocycles. The fourth-order valence-electron chi connectivity index (χ4n) is 3.39. The van der Waals surface area contributed by atoms with Crippen LogP contribution in [-0.2, 0) is 4.79 Å². The minimum Gasteiger partial charge on any atom is -0.481 e. The van der Waals surface area contributed by atoms with Crippen molar-refractivity contribution < 1.29 is 9.90 Å². The van der Waals surface area contributed by atoms with Gasteiger partial charge in [0.1, 0.15) is 0 Å². The van der Waals surface area contributed by atoms with Crippen molar-refractivity contribution >= 4 is 5.97 Å². The maximum Gasteiger partial charge on any atom is 0.303 e. The Labute approximate surface area is 148 Å². The number of carboxylic acid groups (broad SMARTS) is 1. The molecule has 0 saturated carbocycles. The molecule has 1 atom stereocenters. The van der Waals surface area contributed by atoms with Crippen molar-refractivity contribution in [1.29, 1.82) is 0 Å². The predicted octanol–water partition coefficient (Wildman–Crippen LogP) is 6.95. The van der Waals surface area contributed by atoms with E-state index >= 15 is 0 Å². The Bertz CT molecular complexity index is 413. The first-order valence-corrected chi connectivity index (χ1v) is 10.0. The van der Waals surface area contributed by atoms with Gasteiger partial charge in [-0.05, 0) is 30.7 Å². The van der Waals surface area contributed by atoms with E-state index in [1.807, 2.05) is 0 Å². The van der Waals surface area contributed by atoms with Crippen molar-refractivity contribution in [2.45, 2.75) is 96.3 Å². The van der Waals surface area contributed by atoms with Crippen molar-refractivity contribution in [1.82, 2.24) is 0 Å². The van der Waals surface area contributed by atoms with E-state index in [1.165, 1.54) is 63.4 Å². The minimum absolute atomic E-state index is 0.319. The summed E-state index contributed by atoms with van der Waals surface area (Å²) in [6, 6.07) is 10.9. The molecule has 2 heteroatoms. The zero-order valence-corrected chi connectivity index (χ0v) is 15.5. The number of benzene rings is 1. The highest BCUT2D eigenvalue weighted by molar-refractivity contribution is 5.66. The van der Waals surface area contributed by atoms with Gasteiger partial charge < -0.3 is 5.11 Å². The lowest BCUT2D eigenvalue weighted by Gasteiger charge is -2.17. The average molecular weight is 333 g/mol. The summed E-state index contributed by atoms with van der Waals surface area (Å²) < 4.78 is 0. The standard InChI is InChI=1S/C22H36O2/c1-2-3-4-5-6-10-15-20(21-17-12-9-13-18-21)16-11-7-8-14-19-22(23)24/h9,12-13,17-18,20H,2-8,10-11,14-16,19H2,1H3,(H,23,24). The molecule has 0 bridgehead atoms. The molecule has 0 amide bonds. The van der Waals surface area contributed by atoms with E-state index < -0.39 is 5.97 Å². The van der Waals surface area contributed by atoms with Crippen LogP contribution in [-0.4, -0.2) is 11.1 Å². The van der Waals surface area contributed by atoms with Crippen molar-refractivity contribution in [3.8, 4) is 0 Å². The monoisotopic (exact) mass is 332 g/mol. The van der Waals surface area contributed by atoms with Crippen LogP contribution in [0.25, 0.3) is 0 Å².